The lowest BCUT2D eigenvalue weighted by Gasteiger charge is -2.12. The number of carbonyl (C=O) groups is 1. The maximum Gasteiger partial charge on any atom is 0.246 e. The molecule has 1 aliphatic rings. The second-order valence-corrected chi connectivity index (χ2v) is 5.45. The Morgan fingerprint density at radius 2 is 2.23 bits per heavy atom. The number of para-hydroxylation sites is 1. The molecule has 1 saturated heterocycles. The molecule has 1 atom stereocenters. The molecule has 2 aromatic rings. The lowest BCUT2D eigenvalue weighted by atomic mass is 10.1. The molecule has 1 aromatic heterocycles. The first-order valence-corrected chi connectivity index (χ1v) is 7.42. The molecule has 1 amide bonds. The van der Waals surface area contributed by atoms with Crippen molar-refractivity contribution in [2.75, 3.05) is 13.1 Å². The summed E-state index contributed by atoms with van der Waals surface area (Å²) in [5.74, 6) is 0.939. The minimum Gasteiger partial charge on any atom is -0.460 e. The van der Waals surface area contributed by atoms with Gasteiger partial charge in [-0.25, -0.2) is 0 Å². The second-order valence-electron chi connectivity index (χ2n) is 5.45. The van der Waals surface area contributed by atoms with Crippen molar-refractivity contribution in [3.05, 3.63) is 41.7 Å². The summed E-state index contributed by atoms with van der Waals surface area (Å²) < 4.78 is 5.83. The monoisotopic (exact) mass is 320 g/mol. The van der Waals surface area contributed by atoms with Crippen LogP contribution in [0.4, 0.5) is 0 Å². The summed E-state index contributed by atoms with van der Waals surface area (Å²) in [6, 6.07) is 8.02. The van der Waals surface area contributed by atoms with Gasteiger partial charge in [0.1, 0.15) is 11.3 Å². The molecule has 0 saturated carbocycles. The van der Waals surface area contributed by atoms with Gasteiger partial charge in [-0.1, -0.05) is 25.1 Å². The summed E-state index contributed by atoms with van der Waals surface area (Å²) in [5.41, 5.74) is 7.71. The van der Waals surface area contributed by atoms with Crippen molar-refractivity contribution in [1.29, 1.82) is 0 Å². The van der Waals surface area contributed by atoms with Gasteiger partial charge in [0.05, 0.1) is 0 Å². The molecule has 2 heterocycles. The molecule has 4 nitrogen and oxygen atoms in total. The van der Waals surface area contributed by atoms with Crippen molar-refractivity contribution >= 4 is 35.4 Å². The van der Waals surface area contributed by atoms with Crippen LogP contribution in [0.1, 0.15) is 24.7 Å². The third-order valence-corrected chi connectivity index (χ3v) is 3.96. The average Bonchev–Trinajstić information content (AvgIpc) is 3.08. The molecule has 0 aliphatic carbocycles. The van der Waals surface area contributed by atoms with Gasteiger partial charge >= 0.3 is 0 Å². The highest BCUT2D eigenvalue weighted by Gasteiger charge is 2.22. The highest BCUT2D eigenvalue weighted by Crippen LogP contribution is 2.27. The quantitative estimate of drug-likeness (QED) is 0.884. The Labute approximate surface area is 136 Å². The number of halogens is 1. The summed E-state index contributed by atoms with van der Waals surface area (Å²) >= 11 is 0. The number of likely N-dealkylation sites (tertiary alicyclic amines) is 1. The van der Waals surface area contributed by atoms with E-state index in [4.69, 9.17) is 10.2 Å². The SMILES string of the molecule is CCc1oc2ccccc2c1C=CC(=O)N1CC[C@@H](N)C1.Cl. The number of carbonyl (C=O) groups excluding carboxylic acids is 1. The van der Waals surface area contributed by atoms with Crippen molar-refractivity contribution in [2.45, 2.75) is 25.8 Å². The fraction of sp³-hybridized carbons (Fsp3) is 0.353. The average molecular weight is 321 g/mol. The molecular weight excluding hydrogens is 300 g/mol. The molecular formula is C17H21ClN2O2. The number of fused-ring (bicyclic) bond motifs is 1. The Morgan fingerprint density at radius 3 is 2.91 bits per heavy atom. The molecule has 0 spiro atoms. The van der Waals surface area contributed by atoms with Crippen LogP contribution in [-0.2, 0) is 11.2 Å². The van der Waals surface area contributed by atoms with Crippen molar-refractivity contribution < 1.29 is 9.21 Å². The zero-order chi connectivity index (χ0) is 14.8. The summed E-state index contributed by atoms with van der Waals surface area (Å²) in [5, 5.41) is 1.05. The zero-order valence-corrected chi connectivity index (χ0v) is 13.4. The number of nitrogens with zero attached hydrogens (tertiary/aromatic N) is 1. The van der Waals surface area contributed by atoms with Gasteiger partial charge in [-0.15, -0.1) is 12.4 Å². The van der Waals surface area contributed by atoms with E-state index in [0.29, 0.717) is 6.54 Å². The molecule has 1 aromatic carbocycles. The third-order valence-electron chi connectivity index (χ3n) is 3.96. The zero-order valence-electron chi connectivity index (χ0n) is 12.6. The number of hydrogen-bond donors (Lipinski definition) is 1. The van der Waals surface area contributed by atoms with Crippen LogP contribution >= 0.6 is 12.4 Å². The van der Waals surface area contributed by atoms with Crippen LogP contribution in [0.5, 0.6) is 0 Å². The molecule has 118 valence electrons. The van der Waals surface area contributed by atoms with Crippen molar-refractivity contribution in [1.82, 2.24) is 4.90 Å². The predicted molar refractivity (Wildman–Crippen MR) is 91.0 cm³/mol. The van der Waals surface area contributed by atoms with Gasteiger partial charge in [0.25, 0.3) is 0 Å². The van der Waals surface area contributed by atoms with E-state index >= 15 is 0 Å². The summed E-state index contributed by atoms with van der Waals surface area (Å²) in [4.78, 5) is 14.0. The Kier molecular flexibility index (Phi) is 5.27. The molecule has 0 radical (unpaired) electrons. The van der Waals surface area contributed by atoms with E-state index in [1.807, 2.05) is 30.3 Å². The Hall–Kier alpha value is -1.78. The van der Waals surface area contributed by atoms with Crippen molar-refractivity contribution in [3.63, 3.8) is 0 Å². The summed E-state index contributed by atoms with van der Waals surface area (Å²) in [6.07, 6.45) is 5.19. The Bertz CT molecular complexity index is 693. The van der Waals surface area contributed by atoms with E-state index in [9.17, 15) is 4.79 Å². The molecule has 2 N–H and O–H groups in total. The molecule has 22 heavy (non-hydrogen) atoms. The number of furan rings is 1. The number of aryl methyl sites for hydroxylation is 1. The van der Waals surface area contributed by atoms with E-state index < -0.39 is 0 Å². The number of benzene rings is 1. The van der Waals surface area contributed by atoms with E-state index in [2.05, 4.69) is 6.92 Å². The summed E-state index contributed by atoms with van der Waals surface area (Å²) in [6.45, 7) is 3.45. The minimum atomic E-state index is 0. The highest BCUT2D eigenvalue weighted by molar-refractivity contribution is 5.96. The third kappa shape index (κ3) is 3.18. The largest absolute Gasteiger partial charge is 0.460 e. The molecule has 3 rings (SSSR count). The standard InChI is InChI=1S/C17H20N2O2.ClH/c1-2-15-14(13-5-3-4-6-16(13)21-15)7-8-17(20)19-10-9-12(18)11-19;/h3-8,12H,2,9-11,18H2,1H3;1H/t12-;/m1./s1. The smallest absolute Gasteiger partial charge is 0.246 e. The summed E-state index contributed by atoms with van der Waals surface area (Å²) in [7, 11) is 0. The fourth-order valence-corrected chi connectivity index (χ4v) is 2.81. The van der Waals surface area contributed by atoms with Crippen LogP contribution in [0.2, 0.25) is 0 Å². The van der Waals surface area contributed by atoms with Crippen LogP contribution < -0.4 is 5.73 Å². The van der Waals surface area contributed by atoms with E-state index in [1.54, 1.807) is 11.0 Å². The van der Waals surface area contributed by atoms with Gasteiger partial charge in [0, 0.05) is 42.6 Å². The topological polar surface area (TPSA) is 59.5 Å². The van der Waals surface area contributed by atoms with Crippen LogP contribution in [0.15, 0.2) is 34.8 Å². The lowest BCUT2D eigenvalue weighted by Crippen LogP contribution is -2.30. The van der Waals surface area contributed by atoms with Crippen LogP contribution in [-0.4, -0.2) is 29.9 Å². The Morgan fingerprint density at radius 1 is 1.45 bits per heavy atom. The van der Waals surface area contributed by atoms with Gasteiger partial charge in [0.15, 0.2) is 0 Å². The number of rotatable bonds is 3. The maximum atomic E-state index is 12.2. The van der Waals surface area contributed by atoms with E-state index in [0.717, 1.165) is 41.7 Å². The first-order valence-electron chi connectivity index (χ1n) is 7.42. The fourth-order valence-electron chi connectivity index (χ4n) is 2.81. The minimum absolute atomic E-state index is 0. The second kappa shape index (κ2) is 6.99. The normalized spacial score (nSPS) is 18.1. The van der Waals surface area contributed by atoms with Crippen LogP contribution in [0, 0.1) is 0 Å². The van der Waals surface area contributed by atoms with Crippen molar-refractivity contribution in [3.8, 4) is 0 Å². The van der Waals surface area contributed by atoms with Gasteiger partial charge in [-0.2, -0.15) is 0 Å². The molecule has 0 unspecified atom stereocenters. The molecule has 5 heteroatoms. The van der Waals surface area contributed by atoms with Crippen molar-refractivity contribution in [2.24, 2.45) is 5.73 Å². The predicted octanol–water partition coefficient (Wildman–Crippen LogP) is 2.99. The van der Waals surface area contributed by atoms with E-state index in [1.165, 1.54) is 0 Å². The Balaban J connectivity index is 0.00000176. The first-order chi connectivity index (χ1) is 10.2. The molecule has 1 aliphatic heterocycles. The van der Waals surface area contributed by atoms with Gasteiger partial charge in [0.2, 0.25) is 5.91 Å². The maximum absolute atomic E-state index is 12.2. The van der Waals surface area contributed by atoms with Gasteiger partial charge in [-0.3, -0.25) is 4.79 Å². The highest BCUT2D eigenvalue weighted by atomic mass is 35.5. The van der Waals surface area contributed by atoms with Crippen LogP contribution in [0.3, 0.4) is 0 Å². The van der Waals surface area contributed by atoms with Crippen LogP contribution in [0.25, 0.3) is 17.0 Å². The van der Waals surface area contributed by atoms with Gasteiger partial charge < -0.3 is 15.1 Å². The number of nitrogens with two attached hydrogens (primary N) is 1. The number of amides is 1. The molecule has 1 fully saturated rings. The van der Waals surface area contributed by atoms with E-state index in [-0.39, 0.29) is 24.4 Å². The first kappa shape index (κ1) is 16.6. The molecule has 0 bridgehead atoms. The number of hydrogen-bond acceptors (Lipinski definition) is 3. The lowest BCUT2D eigenvalue weighted by molar-refractivity contribution is -0.124. The van der Waals surface area contributed by atoms with Gasteiger partial charge in [-0.05, 0) is 18.6 Å².